The van der Waals surface area contributed by atoms with Crippen LogP contribution in [-0.4, -0.2) is 16.5 Å². The van der Waals surface area contributed by atoms with Crippen LogP contribution >= 0.6 is 0 Å². The molecule has 0 radical (unpaired) electrons. The summed E-state index contributed by atoms with van der Waals surface area (Å²) in [5.74, 6) is 1.43. The number of carbonyl (C=O) groups is 1. The second kappa shape index (κ2) is 4.24. The number of allylic oxidation sites excluding steroid dienone is 2. The maximum absolute atomic E-state index is 12.0. The first-order valence-electron chi connectivity index (χ1n) is 6.79. The number of carbonyl (C=O) groups excluding carboxylic acids is 1. The molecule has 0 amide bonds. The summed E-state index contributed by atoms with van der Waals surface area (Å²) in [4.78, 5) is 12.0. The molecule has 17 heavy (non-hydrogen) atoms. The third-order valence-electron chi connectivity index (χ3n) is 4.64. The van der Waals surface area contributed by atoms with E-state index in [0.717, 1.165) is 24.8 Å². The fourth-order valence-electron chi connectivity index (χ4n) is 3.42. The first-order chi connectivity index (χ1) is 7.80. The van der Waals surface area contributed by atoms with Crippen molar-refractivity contribution in [2.75, 3.05) is 0 Å². The summed E-state index contributed by atoms with van der Waals surface area (Å²) in [7, 11) is 0. The van der Waals surface area contributed by atoms with Gasteiger partial charge in [0, 0.05) is 6.42 Å². The van der Waals surface area contributed by atoms with E-state index in [4.69, 9.17) is 0 Å². The van der Waals surface area contributed by atoms with Gasteiger partial charge in [0.1, 0.15) is 0 Å². The van der Waals surface area contributed by atoms with Gasteiger partial charge >= 0.3 is 0 Å². The Labute approximate surface area is 104 Å². The van der Waals surface area contributed by atoms with Crippen molar-refractivity contribution >= 4 is 5.78 Å². The van der Waals surface area contributed by atoms with Crippen molar-refractivity contribution < 1.29 is 9.90 Å². The van der Waals surface area contributed by atoms with E-state index in [9.17, 15) is 9.90 Å². The van der Waals surface area contributed by atoms with Crippen molar-refractivity contribution in [3.8, 4) is 0 Å². The van der Waals surface area contributed by atoms with Gasteiger partial charge in [-0.25, -0.2) is 0 Å². The van der Waals surface area contributed by atoms with Gasteiger partial charge in [0.15, 0.2) is 5.78 Å². The lowest BCUT2D eigenvalue weighted by atomic mass is 9.81. The van der Waals surface area contributed by atoms with Crippen LogP contribution in [0.5, 0.6) is 0 Å². The monoisotopic (exact) mass is 236 g/mol. The number of aliphatic hydroxyl groups is 1. The normalized spacial score (nSPS) is 34.9. The summed E-state index contributed by atoms with van der Waals surface area (Å²) >= 11 is 0. The molecule has 0 fully saturated rings. The van der Waals surface area contributed by atoms with Crippen molar-refractivity contribution in [1.29, 1.82) is 0 Å². The third-order valence-corrected chi connectivity index (χ3v) is 4.64. The second-order valence-electron chi connectivity index (χ2n) is 6.50. The molecular weight excluding hydrogens is 212 g/mol. The van der Waals surface area contributed by atoms with E-state index in [1.807, 2.05) is 13.8 Å². The van der Waals surface area contributed by atoms with Crippen LogP contribution in [-0.2, 0) is 4.79 Å². The Balaban J connectivity index is 2.32. The van der Waals surface area contributed by atoms with Gasteiger partial charge in [-0.05, 0) is 56.4 Å². The molecule has 0 aliphatic heterocycles. The summed E-state index contributed by atoms with van der Waals surface area (Å²) in [5, 5.41) is 10.2. The zero-order valence-corrected chi connectivity index (χ0v) is 11.4. The van der Waals surface area contributed by atoms with Gasteiger partial charge in [-0.1, -0.05) is 19.4 Å². The predicted molar refractivity (Wildman–Crippen MR) is 68.6 cm³/mol. The zero-order valence-electron chi connectivity index (χ0n) is 11.4. The van der Waals surface area contributed by atoms with E-state index in [2.05, 4.69) is 13.8 Å². The summed E-state index contributed by atoms with van der Waals surface area (Å²) in [6.07, 6.45) is 3.66. The Kier molecular flexibility index (Phi) is 3.19. The number of ketones is 1. The smallest absolute Gasteiger partial charge is 0.159 e. The molecule has 0 heterocycles. The molecule has 2 aliphatic carbocycles. The first kappa shape index (κ1) is 12.8. The van der Waals surface area contributed by atoms with Crippen molar-refractivity contribution in [1.82, 2.24) is 0 Å². The summed E-state index contributed by atoms with van der Waals surface area (Å²) in [5.41, 5.74) is 1.81. The molecule has 2 nitrogen and oxygen atoms in total. The van der Waals surface area contributed by atoms with Gasteiger partial charge in [0.05, 0.1) is 5.60 Å². The van der Waals surface area contributed by atoms with Gasteiger partial charge in [-0.15, -0.1) is 0 Å². The lowest BCUT2D eigenvalue weighted by molar-refractivity contribution is -0.115. The maximum Gasteiger partial charge on any atom is 0.159 e. The predicted octanol–water partition coefficient (Wildman–Crippen LogP) is 3.10. The standard InChI is InChI=1S/C15H24O2/c1-9-5-6-11(15(3,4)17)8-12-10(2)7-13(16)14(9)12/h9-11,17H,5-8H2,1-4H3/t9-,10-,11+/m0/s1. The van der Waals surface area contributed by atoms with Gasteiger partial charge < -0.3 is 5.11 Å². The number of rotatable bonds is 1. The van der Waals surface area contributed by atoms with Crippen molar-refractivity contribution in [3.05, 3.63) is 11.1 Å². The molecule has 3 atom stereocenters. The van der Waals surface area contributed by atoms with E-state index in [0.29, 0.717) is 30.0 Å². The quantitative estimate of drug-likeness (QED) is 0.759. The highest BCUT2D eigenvalue weighted by Crippen LogP contribution is 2.44. The van der Waals surface area contributed by atoms with Crippen LogP contribution in [0, 0.1) is 17.8 Å². The number of hydrogen-bond acceptors (Lipinski definition) is 2. The maximum atomic E-state index is 12.0. The lowest BCUT2D eigenvalue weighted by Gasteiger charge is -2.29. The van der Waals surface area contributed by atoms with Crippen LogP contribution in [0.25, 0.3) is 0 Å². The molecule has 2 aliphatic rings. The second-order valence-corrected chi connectivity index (χ2v) is 6.50. The van der Waals surface area contributed by atoms with Crippen LogP contribution < -0.4 is 0 Å². The lowest BCUT2D eigenvalue weighted by Crippen LogP contribution is -2.31. The molecule has 0 saturated carbocycles. The van der Waals surface area contributed by atoms with E-state index in [1.165, 1.54) is 5.57 Å². The molecule has 2 rings (SSSR count). The summed E-state index contributed by atoms with van der Waals surface area (Å²) in [6, 6.07) is 0. The van der Waals surface area contributed by atoms with E-state index >= 15 is 0 Å². The van der Waals surface area contributed by atoms with Crippen LogP contribution in [0.15, 0.2) is 11.1 Å². The molecule has 0 aromatic rings. The first-order valence-corrected chi connectivity index (χ1v) is 6.79. The minimum atomic E-state index is -0.631. The van der Waals surface area contributed by atoms with Crippen molar-refractivity contribution in [3.63, 3.8) is 0 Å². The largest absolute Gasteiger partial charge is 0.390 e. The van der Waals surface area contributed by atoms with Crippen LogP contribution in [0.2, 0.25) is 0 Å². The minimum absolute atomic E-state index is 0.297. The number of hydrogen-bond donors (Lipinski definition) is 1. The van der Waals surface area contributed by atoms with Crippen LogP contribution in [0.1, 0.15) is 53.4 Å². The van der Waals surface area contributed by atoms with Gasteiger partial charge in [-0.2, -0.15) is 0 Å². The topological polar surface area (TPSA) is 37.3 Å². The molecular formula is C15H24O2. The minimum Gasteiger partial charge on any atom is -0.390 e. The molecule has 0 unspecified atom stereocenters. The van der Waals surface area contributed by atoms with E-state index in [-0.39, 0.29) is 0 Å². The van der Waals surface area contributed by atoms with Crippen LogP contribution in [0.3, 0.4) is 0 Å². The van der Waals surface area contributed by atoms with Crippen molar-refractivity contribution in [2.45, 2.75) is 59.0 Å². The third kappa shape index (κ3) is 2.33. The number of Topliss-reactive ketones (excluding diaryl/α,β-unsaturated/α-hetero) is 1. The SMILES string of the molecule is C[C@H]1CC(=O)C2=C1C[C@H](C(C)(C)O)CC[C@@H]2C. The molecule has 2 heteroatoms. The average Bonchev–Trinajstić information content (AvgIpc) is 2.38. The van der Waals surface area contributed by atoms with Crippen molar-refractivity contribution in [2.24, 2.45) is 17.8 Å². The molecule has 0 aromatic carbocycles. The summed E-state index contributed by atoms with van der Waals surface area (Å²) in [6.45, 7) is 8.11. The fourth-order valence-corrected chi connectivity index (χ4v) is 3.42. The Bertz CT molecular complexity index is 360. The van der Waals surface area contributed by atoms with Crippen LogP contribution in [0.4, 0.5) is 0 Å². The molecule has 96 valence electrons. The fraction of sp³-hybridized carbons (Fsp3) is 0.800. The Hall–Kier alpha value is -0.630. The van der Waals surface area contributed by atoms with Gasteiger partial charge in [0.2, 0.25) is 0 Å². The Morgan fingerprint density at radius 2 is 1.76 bits per heavy atom. The summed E-state index contributed by atoms with van der Waals surface area (Å²) < 4.78 is 0. The molecule has 0 aromatic heterocycles. The van der Waals surface area contributed by atoms with E-state index < -0.39 is 5.60 Å². The Morgan fingerprint density at radius 1 is 1.12 bits per heavy atom. The molecule has 1 N–H and O–H groups in total. The van der Waals surface area contributed by atoms with E-state index in [1.54, 1.807) is 0 Å². The molecule has 0 spiro atoms. The highest BCUT2D eigenvalue weighted by atomic mass is 16.3. The van der Waals surface area contributed by atoms with Gasteiger partial charge in [0.25, 0.3) is 0 Å². The highest BCUT2D eigenvalue weighted by Gasteiger charge is 2.38. The molecule has 0 bridgehead atoms. The highest BCUT2D eigenvalue weighted by molar-refractivity contribution is 5.99. The average molecular weight is 236 g/mol. The van der Waals surface area contributed by atoms with Gasteiger partial charge in [-0.3, -0.25) is 4.79 Å². The molecule has 0 saturated heterocycles. The zero-order chi connectivity index (χ0) is 12.8. The Morgan fingerprint density at radius 3 is 2.35 bits per heavy atom.